The molecule has 2 N–H and O–H groups in total. The van der Waals surface area contributed by atoms with E-state index in [-0.39, 0.29) is 18.7 Å². The number of aromatic nitrogens is 2. The van der Waals surface area contributed by atoms with Gasteiger partial charge in [0.1, 0.15) is 0 Å². The molecule has 2 rings (SSSR count). The zero-order chi connectivity index (χ0) is 19.3. The van der Waals surface area contributed by atoms with Gasteiger partial charge in [0.05, 0.1) is 27.8 Å². The molecule has 0 unspecified atom stereocenters. The van der Waals surface area contributed by atoms with Crippen LogP contribution in [0.5, 0.6) is 0 Å². The SMILES string of the molecule is Cc1nn(-c2ccc(Cl)c(Cl)c2)c(C)c1CC(=O)NCCCCC(=O)O. The van der Waals surface area contributed by atoms with E-state index in [1.165, 1.54) is 0 Å². The minimum atomic E-state index is -0.822. The number of amides is 1. The van der Waals surface area contributed by atoms with Gasteiger partial charge in [0, 0.05) is 24.2 Å². The Morgan fingerprint density at radius 1 is 1.19 bits per heavy atom. The van der Waals surface area contributed by atoms with Crippen LogP contribution >= 0.6 is 23.2 Å². The molecule has 0 spiro atoms. The average molecular weight is 398 g/mol. The number of unbranched alkanes of at least 4 members (excludes halogenated alkanes) is 1. The fourth-order valence-corrected chi connectivity index (χ4v) is 2.94. The number of nitrogens with one attached hydrogen (secondary N) is 1. The first kappa shape index (κ1) is 20.3. The van der Waals surface area contributed by atoms with E-state index in [4.69, 9.17) is 28.3 Å². The molecule has 0 radical (unpaired) electrons. The van der Waals surface area contributed by atoms with Crippen LogP contribution in [0.1, 0.15) is 36.2 Å². The van der Waals surface area contributed by atoms with Crippen LogP contribution in [0.15, 0.2) is 18.2 Å². The van der Waals surface area contributed by atoms with E-state index in [9.17, 15) is 9.59 Å². The normalized spacial score (nSPS) is 10.8. The molecule has 0 atom stereocenters. The molecule has 26 heavy (non-hydrogen) atoms. The summed E-state index contributed by atoms with van der Waals surface area (Å²) in [5.41, 5.74) is 3.27. The van der Waals surface area contributed by atoms with E-state index in [1.54, 1.807) is 16.8 Å². The number of carbonyl (C=O) groups excluding carboxylic acids is 1. The first-order valence-electron chi connectivity index (χ1n) is 8.28. The second-order valence-corrected chi connectivity index (χ2v) is 6.85. The maximum atomic E-state index is 12.2. The van der Waals surface area contributed by atoms with Gasteiger partial charge < -0.3 is 10.4 Å². The summed E-state index contributed by atoms with van der Waals surface area (Å²) in [6.07, 6.45) is 1.52. The van der Waals surface area contributed by atoms with Gasteiger partial charge in [0.2, 0.25) is 5.91 Å². The lowest BCUT2D eigenvalue weighted by Crippen LogP contribution is -2.26. The minimum Gasteiger partial charge on any atom is -0.481 e. The van der Waals surface area contributed by atoms with E-state index in [2.05, 4.69) is 10.4 Å². The van der Waals surface area contributed by atoms with Crippen molar-refractivity contribution in [2.24, 2.45) is 0 Å². The van der Waals surface area contributed by atoms with Crippen LogP contribution in [0.4, 0.5) is 0 Å². The Kier molecular flexibility index (Phi) is 7.06. The highest BCUT2D eigenvalue weighted by molar-refractivity contribution is 6.42. The van der Waals surface area contributed by atoms with Gasteiger partial charge in [-0.15, -0.1) is 0 Å². The molecule has 1 aromatic carbocycles. The standard InChI is InChI=1S/C18H21Cl2N3O3/c1-11-14(10-17(24)21-8-4-3-5-18(25)26)12(2)23(22-11)13-6-7-15(19)16(20)9-13/h6-7,9H,3-5,8,10H2,1-2H3,(H,21,24)(H,25,26). The van der Waals surface area contributed by atoms with Gasteiger partial charge in [0.25, 0.3) is 0 Å². The van der Waals surface area contributed by atoms with E-state index in [0.717, 1.165) is 22.6 Å². The summed E-state index contributed by atoms with van der Waals surface area (Å²) in [4.78, 5) is 22.6. The summed E-state index contributed by atoms with van der Waals surface area (Å²) >= 11 is 12.0. The smallest absolute Gasteiger partial charge is 0.303 e. The zero-order valence-corrected chi connectivity index (χ0v) is 16.2. The predicted octanol–water partition coefficient (Wildman–Crippen LogP) is 3.71. The molecular weight excluding hydrogens is 377 g/mol. The third-order valence-corrected chi connectivity index (χ3v) is 4.80. The molecule has 1 heterocycles. The van der Waals surface area contributed by atoms with Crippen LogP contribution in [-0.4, -0.2) is 33.3 Å². The number of halogens is 2. The van der Waals surface area contributed by atoms with Crippen LogP contribution in [-0.2, 0) is 16.0 Å². The largest absolute Gasteiger partial charge is 0.481 e. The molecule has 2 aromatic rings. The third kappa shape index (κ3) is 5.22. The number of hydrogen-bond donors (Lipinski definition) is 2. The zero-order valence-electron chi connectivity index (χ0n) is 14.7. The first-order chi connectivity index (χ1) is 12.3. The van der Waals surface area contributed by atoms with Gasteiger partial charge >= 0.3 is 5.97 Å². The Bertz CT molecular complexity index is 818. The number of aryl methyl sites for hydroxylation is 1. The third-order valence-electron chi connectivity index (χ3n) is 4.07. The summed E-state index contributed by atoms with van der Waals surface area (Å²) in [6.45, 7) is 4.22. The summed E-state index contributed by atoms with van der Waals surface area (Å²) < 4.78 is 1.74. The summed E-state index contributed by atoms with van der Waals surface area (Å²) in [5, 5.41) is 16.8. The van der Waals surface area contributed by atoms with Crippen LogP contribution in [0.3, 0.4) is 0 Å². The summed E-state index contributed by atoms with van der Waals surface area (Å²) in [6, 6.07) is 5.26. The second-order valence-electron chi connectivity index (χ2n) is 6.04. The summed E-state index contributed by atoms with van der Waals surface area (Å²) in [7, 11) is 0. The molecule has 0 aliphatic carbocycles. The van der Waals surface area contributed by atoms with E-state index >= 15 is 0 Å². The molecule has 0 aliphatic rings. The minimum absolute atomic E-state index is 0.111. The van der Waals surface area contributed by atoms with Crippen LogP contribution < -0.4 is 5.32 Å². The van der Waals surface area contributed by atoms with E-state index in [1.807, 2.05) is 19.9 Å². The molecule has 0 fully saturated rings. The van der Waals surface area contributed by atoms with Crippen LogP contribution in [0.25, 0.3) is 5.69 Å². The molecule has 0 saturated heterocycles. The number of hydrogen-bond acceptors (Lipinski definition) is 3. The fraction of sp³-hybridized carbons (Fsp3) is 0.389. The Balaban J connectivity index is 2.02. The fourth-order valence-electron chi connectivity index (χ4n) is 2.65. The Morgan fingerprint density at radius 2 is 1.92 bits per heavy atom. The highest BCUT2D eigenvalue weighted by Crippen LogP contribution is 2.26. The number of benzene rings is 1. The van der Waals surface area contributed by atoms with Crippen molar-refractivity contribution in [3.05, 3.63) is 45.2 Å². The second kappa shape index (κ2) is 9.05. The maximum absolute atomic E-state index is 12.2. The predicted molar refractivity (Wildman–Crippen MR) is 101 cm³/mol. The molecule has 0 aliphatic heterocycles. The molecule has 140 valence electrons. The van der Waals surface area contributed by atoms with Crippen LogP contribution in [0.2, 0.25) is 10.0 Å². The van der Waals surface area contributed by atoms with Gasteiger partial charge in [-0.1, -0.05) is 23.2 Å². The number of aliphatic carboxylic acids is 1. The average Bonchev–Trinajstić information content (AvgIpc) is 2.85. The lowest BCUT2D eigenvalue weighted by molar-refractivity contribution is -0.137. The number of carbonyl (C=O) groups is 2. The lowest BCUT2D eigenvalue weighted by atomic mass is 10.1. The Labute approximate surface area is 162 Å². The van der Waals surface area contributed by atoms with Crippen molar-refractivity contribution in [2.45, 2.75) is 39.5 Å². The lowest BCUT2D eigenvalue weighted by Gasteiger charge is -2.07. The van der Waals surface area contributed by atoms with Crippen molar-refractivity contribution in [3.8, 4) is 5.69 Å². The van der Waals surface area contributed by atoms with Crippen molar-refractivity contribution in [2.75, 3.05) is 6.54 Å². The quantitative estimate of drug-likeness (QED) is 0.664. The molecule has 0 bridgehead atoms. The highest BCUT2D eigenvalue weighted by atomic mass is 35.5. The van der Waals surface area contributed by atoms with Gasteiger partial charge in [-0.2, -0.15) is 5.10 Å². The van der Waals surface area contributed by atoms with Gasteiger partial charge in [0.15, 0.2) is 0 Å². The van der Waals surface area contributed by atoms with Crippen molar-refractivity contribution < 1.29 is 14.7 Å². The first-order valence-corrected chi connectivity index (χ1v) is 9.04. The molecule has 1 aromatic heterocycles. The number of rotatable bonds is 8. The molecule has 0 saturated carbocycles. The van der Waals surface area contributed by atoms with Crippen molar-refractivity contribution in [1.82, 2.24) is 15.1 Å². The molecular formula is C18H21Cl2N3O3. The number of carboxylic acids is 1. The Morgan fingerprint density at radius 3 is 2.58 bits per heavy atom. The van der Waals surface area contributed by atoms with E-state index < -0.39 is 5.97 Å². The molecule has 1 amide bonds. The van der Waals surface area contributed by atoms with Crippen molar-refractivity contribution in [3.63, 3.8) is 0 Å². The maximum Gasteiger partial charge on any atom is 0.303 e. The monoisotopic (exact) mass is 397 g/mol. The highest BCUT2D eigenvalue weighted by Gasteiger charge is 2.16. The Hall–Kier alpha value is -2.05. The number of carboxylic acid groups (broad SMARTS) is 1. The molecule has 8 heteroatoms. The van der Waals surface area contributed by atoms with E-state index in [0.29, 0.717) is 29.4 Å². The number of nitrogens with zero attached hydrogens (tertiary/aromatic N) is 2. The van der Waals surface area contributed by atoms with Crippen LogP contribution in [0, 0.1) is 13.8 Å². The van der Waals surface area contributed by atoms with Gasteiger partial charge in [-0.3, -0.25) is 9.59 Å². The van der Waals surface area contributed by atoms with Gasteiger partial charge in [-0.05, 0) is 44.9 Å². The van der Waals surface area contributed by atoms with Crippen molar-refractivity contribution in [1.29, 1.82) is 0 Å². The topological polar surface area (TPSA) is 84.2 Å². The summed E-state index contributed by atoms with van der Waals surface area (Å²) in [5.74, 6) is -0.933. The van der Waals surface area contributed by atoms with Crippen molar-refractivity contribution >= 4 is 35.1 Å². The molecule has 6 nitrogen and oxygen atoms in total. The van der Waals surface area contributed by atoms with Gasteiger partial charge in [-0.25, -0.2) is 4.68 Å².